The minimum Gasteiger partial charge on any atom is -0.296 e. The van der Waals surface area contributed by atoms with Crippen LogP contribution < -0.4 is 0 Å². The van der Waals surface area contributed by atoms with E-state index in [9.17, 15) is 9.60 Å². The van der Waals surface area contributed by atoms with Gasteiger partial charge in [0.05, 0.1) is 31.6 Å². The first-order chi connectivity index (χ1) is 30.7. The van der Waals surface area contributed by atoms with Crippen LogP contribution in [-0.2, 0) is 11.8 Å². The lowest BCUT2D eigenvalue weighted by Crippen LogP contribution is -2.14. The molecule has 0 unspecified atom stereocenters. The molecule has 46 heavy (non-hydrogen) atoms. The minimum absolute atomic E-state index is 0.000493. The summed E-state index contributed by atoms with van der Waals surface area (Å²) in [6, 6.07) is 2.77. The zero-order chi connectivity index (χ0) is 48.3. The maximum Gasteiger partial charge on any atom is 0.114 e. The highest BCUT2D eigenvalue weighted by Crippen LogP contribution is 2.51. The zero-order valence-corrected chi connectivity index (χ0v) is 24.5. The molecule has 0 atom stereocenters. The van der Waals surface area contributed by atoms with E-state index in [1.807, 2.05) is 0 Å². The summed E-state index contributed by atoms with van der Waals surface area (Å²) >= 11 is 0. The Morgan fingerprint density at radius 2 is 1.35 bits per heavy atom. The summed E-state index contributed by atoms with van der Waals surface area (Å²) in [5.41, 5.74) is -1.75. The van der Waals surface area contributed by atoms with E-state index in [1.165, 1.54) is 28.8 Å². The smallest absolute Gasteiger partial charge is 0.114 e. The van der Waals surface area contributed by atoms with Crippen molar-refractivity contribution in [3.05, 3.63) is 156 Å². The number of benzene rings is 7. The highest BCUT2D eigenvalue weighted by Gasteiger charge is 2.35. The van der Waals surface area contributed by atoms with E-state index >= 15 is 0 Å². The van der Waals surface area contributed by atoms with Gasteiger partial charge in [-0.05, 0) is 96.4 Å². The number of imidazole rings is 1. The van der Waals surface area contributed by atoms with Crippen molar-refractivity contribution in [3.63, 3.8) is 0 Å². The molecule has 2 heteroatoms. The van der Waals surface area contributed by atoms with Crippen LogP contribution in [-0.4, -0.2) is 9.55 Å². The Bertz CT molecular complexity index is 3450. The Balaban J connectivity index is 1.49. The van der Waals surface area contributed by atoms with Crippen LogP contribution in [0.2, 0.25) is 0 Å². The van der Waals surface area contributed by atoms with Gasteiger partial charge in [-0.3, -0.25) is 4.57 Å². The highest BCUT2D eigenvalue weighted by atomic mass is 15.1. The molecule has 0 bridgehead atoms. The fourth-order valence-corrected chi connectivity index (χ4v) is 6.62. The van der Waals surface area contributed by atoms with E-state index in [0.717, 1.165) is 0 Å². The molecule has 1 aromatic heterocycles. The number of aryl methyl sites for hydroxylation is 1. The van der Waals surface area contributed by atoms with Crippen LogP contribution in [0.15, 0.2) is 139 Å². The molecule has 0 aliphatic heterocycles. The van der Waals surface area contributed by atoms with E-state index in [-0.39, 0.29) is 71.7 Å². The molecule has 0 N–H and O–H groups in total. The van der Waals surface area contributed by atoms with E-state index in [0.29, 0.717) is 5.52 Å². The van der Waals surface area contributed by atoms with Crippen LogP contribution in [0.4, 0.5) is 0 Å². The van der Waals surface area contributed by atoms with Crippen molar-refractivity contribution in [3.8, 4) is 39.1 Å². The minimum atomic E-state index is -3.19. The quantitative estimate of drug-likeness (QED) is 0.181. The van der Waals surface area contributed by atoms with E-state index in [4.69, 9.17) is 17.8 Å². The normalized spacial score (nSPS) is 20.1. The van der Waals surface area contributed by atoms with Crippen molar-refractivity contribution in [1.29, 1.82) is 0 Å². The third-order valence-electron chi connectivity index (χ3n) is 8.69. The first kappa shape index (κ1) is 13.5. The molecular weight excluding hydrogens is 556 g/mol. The third kappa shape index (κ3) is 3.80. The molecule has 0 saturated heterocycles. The monoisotopic (exact) mass is 610 g/mol. The molecule has 0 fully saturated rings. The molecule has 0 spiro atoms. The molecule has 0 radical (unpaired) electrons. The van der Waals surface area contributed by atoms with E-state index in [1.54, 1.807) is 38.1 Å². The Kier molecular flexibility index (Phi) is 2.94. The maximum absolute atomic E-state index is 9.90. The van der Waals surface area contributed by atoms with Gasteiger partial charge in [-0.15, -0.1) is 0 Å². The largest absolute Gasteiger partial charge is 0.296 e. The SMILES string of the molecule is [2H]c1c([2H])c([2H])c2c(c1[2H])-c1c([2H])c([2H])c(-c3c4c([2H])c([2H])c([2H])c([2H])c4c(-c4cccc(-n5c(C([2H])([2H])C([2H])([2H])[2H])nc6ccccc65)c4)c4c([2H])c([2H])c([2H])c([2H])c34)c([2H])c1C2(C)C. The molecule has 1 heterocycles. The van der Waals surface area contributed by atoms with Crippen molar-refractivity contribution >= 4 is 32.6 Å². The zero-order valence-electron chi connectivity index (χ0n) is 44.5. The lowest BCUT2D eigenvalue weighted by Gasteiger charge is -2.23. The first-order valence-corrected chi connectivity index (χ1v) is 14.5. The van der Waals surface area contributed by atoms with Crippen LogP contribution in [0.25, 0.3) is 71.6 Å². The average molecular weight is 611 g/mol. The Hall–Kier alpha value is -5.47. The van der Waals surface area contributed by atoms with Crippen LogP contribution in [0.5, 0.6) is 0 Å². The average Bonchev–Trinajstić information content (AvgIpc) is 3.79. The molecule has 2 nitrogen and oxygen atoms in total. The van der Waals surface area contributed by atoms with Crippen molar-refractivity contribution in [1.82, 2.24) is 9.55 Å². The molecule has 0 amide bonds. The number of rotatable bonds is 4. The summed E-state index contributed by atoms with van der Waals surface area (Å²) in [6.07, 6.45) is -3.01. The van der Waals surface area contributed by atoms with Gasteiger partial charge in [0.2, 0.25) is 0 Å². The van der Waals surface area contributed by atoms with Crippen LogP contribution in [0.1, 0.15) is 65.1 Å². The summed E-state index contributed by atoms with van der Waals surface area (Å²) < 4.78 is 180. The van der Waals surface area contributed by atoms with Crippen molar-refractivity contribution in [2.24, 2.45) is 0 Å². The standard InChI is InChI=1S/C44H34N2/c1-4-41-45-39-22-11-12-23-40(39)46(41)30-15-13-14-28(26-30)42-33-17-5-7-19-35(33)43(36-20-8-6-18-34(36)42)29-24-25-32-31-16-9-10-21-37(31)44(2,3)38(32)27-29/h5-27H,4H2,1-3H3/i1D3,4D2,5D,6D,7D,8D,9D,10D,16D,17D,18D,19D,20D,21D,24D,25D,27D. The van der Waals surface area contributed by atoms with Gasteiger partial charge in [0.15, 0.2) is 0 Å². The predicted molar refractivity (Wildman–Crippen MR) is 194 cm³/mol. The number of hydrogen-bond acceptors (Lipinski definition) is 1. The van der Waals surface area contributed by atoms with Crippen LogP contribution in [0, 0.1) is 0 Å². The van der Waals surface area contributed by atoms with Gasteiger partial charge in [-0.25, -0.2) is 4.98 Å². The molecule has 1 aliphatic carbocycles. The van der Waals surface area contributed by atoms with Crippen molar-refractivity contribution in [2.45, 2.75) is 32.5 Å². The molecule has 8 aromatic rings. The third-order valence-corrected chi connectivity index (χ3v) is 8.69. The highest BCUT2D eigenvalue weighted by molar-refractivity contribution is 6.21. The number of fused-ring (bicyclic) bond motifs is 6. The summed E-state index contributed by atoms with van der Waals surface area (Å²) in [4.78, 5) is 4.40. The number of hydrogen-bond donors (Lipinski definition) is 0. The van der Waals surface area contributed by atoms with E-state index < -0.39 is 121 Å². The van der Waals surface area contributed by atoms with Gasteiger partial charge in [-0.1, -0.05) is 130 Å². The fraction of sp³-hybridized carbons (Fsp3) is 0.114. The lowest BCUT2D eigenvalue weighted by molar-refractivity contribution is 0.660. The summed E-state index contributed by atoms with van der Waals surface area (Å²) in [5.74, 6) is -0.485. The Morgan fingerprint density at radius 3 is 2.09 bits per heavy atom. The molecular formula is C44H34N2. The number of nitrogens with zero attached hydrogens (tertiary/aromatic N) is 2. The van der Waals surface area contributed by atoms with Gasteiger partial charge < -0.3 is 0 Å². The van der Waals surface area contributed by atoms with Gasteiger partial charge in [0.1, 0.15) is 5.82 Å². The van der Waals surface area contributed by atoms with E-state index in [2.05, 4.69) is 4.98 Å². The second-order valence-corrected chi connectivity index (χ2v) is 11.6. The lowest BCUT2D eigenvalue weighted by atomic mass is 9.80. The Morgan fingerprint density at radius 1 is 0.696 bits per heavy atom. The topological polar surface area (TPSA) is 17.8 Å². The predicted octanol–water partition coefficient (Wildman–Crippen LogP) is 11.5. The second kappa shape index (κ2) is 10.0. The van der Waals surface area contributed by atoms with Gasteiger partial charge in [0.25, 0.3) is 0 Å². The van der Waals surface area contributed by atoms with Crippen molar-refractivity contribution in [2.75, 3.05) is 0 Å². The molecule has 7 aromatic carbocycles. The molecule has 220 valence electrons. The summed E-state index contributed by atoms with van der Waals surface area (Å²) in [6.45, 7) is -0.0135. The van der Waals surface area contributed by atoms with Gasteiger partial charge >= 0.3 is 0 Å². The van der Waals surface area contributed by atoms with Crippen molar-refractivity contribution < 1.29 is 27.4 Å². The Labute approximate surface area is 297 Å². The van der Waals surface area contributed by atoms with Gasteiger partial charge in [0, 0.05) is 24.3 Å². The maximum atomic E-state index is 9.90. The van der Waals surface area contributed by atoms with Gasteiger partial charge in [-0.2, -0.15) is 0 Å². The fourth-order valence-electron chi connectivity index (χ4n) is 6.62. The molecule has 1 aliphatic rings. The molecule has 9 rings (SSSR count). The number of aromatic nitrogens is 2. The summed E-state index contributed by atoms with van der Waals surface area (Å²) in [5, 5.41) is -1.34. The molecule has 0 saturated carbocycles. The summed E-state index contributed by atoms with van der Waals surface area (Å²) in [7, 11) is 0. The van der Waals surface area contributed by atoms with Crippen LogP contribution in [0.3, 0.4) is 0 Å². The van der Waals surface area contributed by atoms with Crippen LogP contribution >= 0.6 is 0 Å². The first-order valence-electron chi connectivity index (χ1n) is 24.5. The number of para-hydroxylation sites is 2. The second-order valence-electron chi connectivity index (χ2n) is 11.6.